The van der Waals surface area contributed by atoms with Crippen LogP contribution in [0.3, 0.4) is 0 Å². The fourth-order valence-corrected chi connectivity index (χ4v) is 4.01. The molecule has 0 fully saturated rings. The molecule has 1 aromatic heterocycles. The Hall–Kier alpha value is -3.48. The quantitative estimate of drug-likeness (QED) is 0.382. The van der Waals surface area contributed by atoms with Crippen LogP contribution < -0.4 is 10.2 Å². The molecule has 0 spiro atoms. The lowest BCUT2D eigenvalue weighted by atomic mass is 9.86. The van der Waals surface area contributed by atoms with Crippen LogP contribution in [0.15, 0.2) is 79.1 Å². The molecule has 0 saturated heterocycles. The Kier molecular flexibility index (Phi) is 7.27. The van der Waals surface area contributed by atoms with Crippen LogP contribution in [0.1, 0.15) is 41.1 Å². The minimum Gasteiger partial charge on any atom is -0.482 e. The Morgan fingerprint density at radius 2 is 1.81 bits per heavy atom. The summed E-state index contributed by atoms with van der Waals surface area (Å²) in [7, 11) is 0. The summed E-state index contributed by atoms with van der Waals surface area (Å²) < 4.78 is 5.49. The summed E-state index contributed by atoms with van der Waals surface area (Å²) in [6, 6.07) is 19.8. The lowest BCUT2D eigenvalue weighted by Crippen LogP contribution is -2.23. The van der Waals surface area contributed by atoms with Crippen LogP contribution in [0.25, 0.3) is 5.57 Å². The number of fused-ring (bicyclic) bond motifs is 1. The van der Waals surface area contributed by atoms with Crippen molar-refractivity contribution in [3.05, 3.63) is 101 Å². The average Bonchev–Trinajstić information content (AvgIpc) is 2.84. The molecule has 6 heteroatoms. The fourth-order valence-electron chi connectivity index (χ4n) is 4.01. The molecule has 0 radical (unpaired) electrons. The van der Waals surface area contributed by atoms with Crippen LogP contribution in [-0.2, 0) is 16.1 Å². The third kappa shape index (κ3) is 5.41. The van der Waals surface area contributed by atoms with E-state index in [4.69, 9.17) is 14.7 Å². The number of carboxylic acids is 1. The fraction of sp³-hybridized carbons (Fsp3) is 0.231. The van der Waals surface area contributed by atoms with Crippen molar-refractivity contribution >= 4 is 11.5 Å². The molecule has 1 atom stereocenters. The summed E-state index contributed by atoms with van der Waals surface area (Å²) in [6.07, 6.45) is 8.45. The maximum absolute atomic E-state index is 10.9. The van der Waals surface area contributed by atoms with E-state index < -0.39 is 5.97 Å². The summed E-state index contributed by atoms with van der Waals surface area (Å²) in [4.78, 5) is 20.9. The molecule has 164 valence electrons. The van der Waals surface area contributed by atoms with Crippen LogP contribution in [-0.4, -0.2) is 29.3 Å². The molecule has 1 heterocycles. The third-order valence-electron chi connectivity index (χ3n) is 5.49. The minimum atomic E-state index is -0.976. The van der Waals surface area contributed by atoms with Crippen LogP contribution in [0, 0.1) is 0 Å². The molecule has 1 unspecified atom stereocenters. The van der Waals surface area contributed by atoms with Crippen molar-refractivity contribution in [3.8, 4) is 5.75 Å². The number of rotatable bonds is 9. The molecule has 2 aromatic carbocycles. The van der Waals surface area contributed by atoms with E-state index in [1.54, 1.807) is 12.4 Å². The van der Waals surface area contributed by atoms with Gasteiger partial charge in [-0.15, -0.1) is 0 Å². The van der Waals surface area contributed by atoms with Crippen molar-refractivity contribution in [3.63, 3.8) is 0 Å². The summed E-state index contributed by atoms with van der Waals surface area (Å²) in [5, 5.41) is 8.92. The van der Waals surface area contributed by atoms with Crippen molar-refractivity contribution in [1.29, 1.82) is 0 Å². The lowest BCUT2D eigenvalue weighted by molar-refractivity contribution is -0.139. The zero-order chi connectivity index (χ0) is 22.2. The molecular formula is C26H26N2O4. The molecule has 0 aliphatic heterocycles. The van der Waals surface area contributed by atoms with E-state index in [1.165, 1.54) is 5.57 Å². The van der Waals surface area contributed by atoms with Gasteiger partial charge in [-0.25, -0.2) is 4.79 Å². The second kappa shape index (κ2) is 10.7. The van der Waals surface area contributed by atoms with E-state index in [9.17, 15) is 4.79 Å². The van der Waals surface area contributed by atoms with Gasteiger partial charge < -0.3 is 9.84 Å². The number of carboxylic acid groups (broad SMARTS) is 1. The third-order valence-corrected chi connectivity index (χ3v) is 5.49. The largest absolute Gasteiger partial charge is 0.482 e. The van der Waals surface area contributed by atoms with Gasteiger partial charge in [0.1, 0.15) is 5.75 Å². The molecule has 0 amide bonds. The highest BCUT2D eigenvalue weighted by Gasteiger charge is 2.18. The highest BCUT2D eigenvalue weighted by molar-refractivity contribution is 5.73. The summed E-state index contributed by atoms with van der Waals surface area (Å²) in [5.41, 5.74) is 8.74. The number of carbonyl (C=O) groups is 1. The van der Waals surface area contributed by atoms with Crippen LogP contribution >= 0.6 is 0 Å². The van der Waals surface area contributed by atoms with Crippen molar-refractivity contribution in [2.75, 3.05) is 13.2 Å². The monoisotopic (exact) mass is 430 g/mol. The van der Waals surface area contributed by atoms with E-state index >= 15 is 0 Å². The number of allylic oxidation sites excluding steroid dienone is 1. The van der Waals surface area contributed by atoms with E-state index in [0.29, 0.717) is 12.4 Å². The number of ether oxygens (including phenoxy) is 1. The standard InChI is InChI=1S/C26H26N2O4/c29-25(30)18-31-24-11-5-9-22-19(8-4-10-23(22)24)14-17-32-28-26(20-6-2-1-3-7-20)21-12-15-27-16-13-21/h1-3,5-7,9,11-16,26,28H,4,8,10,17-18H2,(H,29,30). The van der Waals surface area contributed by atoms with Gasteiger partial charge in [0.05, 0.1) is 12.6 Å². The normalized spacial score (nSPS) is 15.2. The second-order valence-corrected chi connectivity index (χ2v) is 7.60. The van der Waals surface area contributed by atoms with Gasteiger partial charge in [-0.3, -0.25) is 9.82 Å². The van der Waals surface area contributed by atoms with Crippen molar-refractivity contribution in [2.45, 2.75) is 25.3 Å². The molecule has 3 aromatic rings. The molecule has 1 aliphatic rings. The zero-order valence-corrected chi connectivity index (χ0v) is 17.7. The van der Waals surface area contributed by atoms with E-state index in [-0.39, 0.29) is 12.6 Å². The maximum atomic E-state index is 10.9. The second-order valence-electron chi connectivity index (χ2n) is 7.60. The van der Waals surface area contributed by atoms with E-state index in [0.717, 1.165) is 41.5 Å². The predicted molar refractivity (Wildman–Crippen MR) is 122 cm³/mol. The number of aromatic nitrogens is 1. The van der Waals surface area contributed by atoms with Gasteiger partial charge in [0.15, 0.2) is 6.61 Å². The van der Waals surface area contributed by atoms with Gasteiger partial charge in [0.25, 0.3) is 0 Å². The topological polar surface area (TPSA) is 80.7 Å². The van der Waals surface area contributed by atoms with E-state index in [2.05, 4.69) is 34.7 Å². The number of nitrogens with one attached hydrogen (secondary N) is 1. The van der Waals surface area contributed by atoms with Gasteiger partial charge in [-0.05, 0) is 59.7 Å². The molecule has 0 saturated carbocycles. The Balaban J connectivity index is 1.45. The van der Waals surface area contributed by atoms with Gasteiger partial charge in [-0.2, -0.15) is 5.48 Å². The van der Waals surface area contributed by atoms with Gasteiger partial charge in [-0.1, -0.05) is 48.5 Å². The molecule has 0 bridgehead atoms. The van der Waals surface area contributed by atoms with Crippen molar-refractivity contribution in [1.82, 2.24) is 10.5 Å². The number of nitrogens with zero attached hydrogens (tertiary/aromatic N) is 1. The summed E-state index contributed by atoms with van der Waals surface area (Å²) >= 11 is 0. The molecule has 2 N–H and O–H groups in total. The molecule has 32 heavy (non-hydrogen) atoms. The maximum Gasteiger partial charge on any atom is 0.341 e. The van der Waals surface area contributed by atoms with E-state index in [1.807, 2.05) is 42.5 Å². The Morgan fingerprint density at radius 3 is 2.59 bits per heavy atom. The molecule has 6 nitrogen and oxygen atoms in total. The average molecular weight is 431 g/mol. The predicted octanol–water partition coefficient (Wildman–Crippen LogP) is 4.58. The van der Waals surface area contributed by atoms with Gasteiger partial charge >= 0.3 is 5.97 Å². The highest BCUT2D eigenvalue weighted by Crippen LogP contribution is 2.36. The Labute approximate surface area is 187 Å². The number of hydrogen-bond donors (Lipinski definition) is 2. The van der Waals surface area contributed by atoms with Crippen molar-refractivity contribution in [2.24, 2.45) is 0 Å². The molecule has 1 aliphatic carbocycles. The number of aliphatic carboxylic acids is 1. The lowest BCUT2D eigenvalue weighted by Gasteiger charge is -2.22. The smallest absolute Gasteiger partial charge is 0.341 e. The number of hydroxylamine groups is 1. The minimum absolute atomic E-state index is 0.104. The number of pyridine rings is 1. The van der Waals surface area contributed by atoms with Gasteiger partial charge in [0.2, 0.25) is 0 Å². The Bertz CT molecular complexity index is 1030. The van der Waals surface area contributed by atoms with Crippen LogP contribution in [0.5, 0.6) is 5.75 Å². The zero-order valence-electron chi connectivity index (χ0n) is 17.7. The van der Waals surface area contributed by atoms with Gasteiger partial charge in [0, 0.05) is 18.0 Å². The molecule has 4 rings (SSSR count). The van der Waals surface area contributed by atoms with Crippen LogP contribution in [0.2, 0.25) is 0 Å². The molecular weight excluding hydrogens is 404 g/mol. The highest BCUT2D eigenvalue weighted by atomic mass is 16.6. The number of benzene rings is 2. The first-order valence-electron chi connectivity index (χ1n) is 10.7. The van der Waals surface area contributed by atoms with Crippen LogP contribution in [0.4, 0.5) is 0 Å². The van der Waals surface area contributed by atoms with Crippen molar-refractivity contribution < 1.29 is 19.5 Å². The summed E-state index contributed by atoms with van der Waals surface area (Å²) in [6.45, 7) is 0.0712. The SMILES string of the molecule is O=C(O)COc1cccc2c1CCCC2=CCONC(c1ccccc1)c1ccncc1. The first-order valence-corrected chi connectivity index (χ1v) is 10.7. The summed E-state index contributed by atoms with van der Waals surface area (Å²) in [5.74, 6) is -0.327. The number of hydrogen-bond acceptors (Lipinski definition) is 5. The first kappa shape index (κ1) is 21.7. The Morgan fingerprint density at radius 1 is 1.03 bits per heavy atom. The first-order chi connectivity index (χ1) is 15.7.